The number of aliphatic hydroxyl groups excluding tert-OH is 1. The molecule has 0 bridgehead atoms. The van der Waals surface area contributed by atoms with Gasteiger partial charge in [0, 0.05) is 6.54 Å². The molecule has 0 aliphatic heterocycles. The van der Waals surface area contributed by atoms with E-state index >= 15 is 0 Å². The molecule has 6 saturated carbocycles. The minimum absolute atomic E-state index is 0.00951. The third kappa shape index (κ3) is 3.92. The van der Waals surface area contributed by atoms with Crippen LogP contribution in [0, 0.1) is 62.1 Å². The van der Waals surface area contributed by atoms with Crippen LogP contribution in [0.1, 0.15) is 125 Å². The highest BCUT2D eigenvalue weighted by Gasteiger charge is 2.73. The third-order valence-corrected chi connectivity index (χ3v) is 15.9. The van der Waals surface area contributed by atoms with Crippen molar-refractivity contribution >= 4 is 5.91 Å². The first-order valence-electron chi connectivity index (χ1n) is 17.3. The highest BCUT2D eigenvalue weighted by Crippen LogP contribution is 2.79. The van der Waals surface area contributed by atoms with Crippen molar-refractivity contribution in [3.05, 3.63) is 0 Å². The molecule has 6 aliphatic rings. The van der Waals surface area contributed by atoms with E-state index in [1.54, 1.807) is 0 Å². The van der Waals surface area contributed by atoms with E-state index in [4.69, 9.17) is 0 Å². The van der Waals surface area contributed by atoms with E-state index in [1.165, 1.54) is 57.8 Å². The Hall–Kier alpha value is -0.610. The number of aliphatic hydroxyl groups is 1. The number of hydrogen-bond donors (Lipinski definition) is 2. The SMILES string of the molecule is CN(C)CCCNC(=O)[C@]12CC[C@@H](C3(C)CC3)[C@@H]1[C@H]1CC[C@@H]3[C@@]4(C)CC[C@H](O)C(C)(C)[C@@H]4CC[C@@]3(C)[C@]1(C)CC2. The predicted molar refractivity (Wildman–Crippen MR) is 164 cm³/mol. The van der Waals surface area contributed by atoms with Gasteiger partial charge in [-0.15, -0.1) is 0 Å². The summed E-state index contributed by atoms with van der Waals surface area (Å²) in [4.78, 5) is 16.5. The van der Waals surface area contributed by atoms with Crippen molar-refractivity contribution in [3.63, 3.8) is 0 Å². The van der Waals surface area contributed by atoms with Crippen LogP contribution >= 0.6 is 0 Å². The van der Waals surface area contributed by atoms with Crippen molar-refractivity contribution in [1.82, 2.24) is 10.2 Å². The van der Waals surface area contributed by atoms with Crippen LogP contribution in [0.4, 0.5) is 0 Å². The van der Waals surface area contributed by atoms with Gasteiger partial charge >= 0.3 is 0 Å². The molecule has 1 amide bonds. The summed E-state index contributed by atoms with van der Waals surface area (Å²) >= 11 is 0. The Labute approximate surface area is 246 Å². The van der Waals surface area contributed by atoms with Crippen LogP contribution in [-0.4, -0.2) is 49.2 Å². The maximum Gasteiger partial charge on any atom is 0.226 e. The van der Waals surface area contributed by atoms with Gasteiger partial charge < -0.3 is 15.3 Å². The van der Waals surface area contributed by atoms with Gasteiger partial charge in [-0.3, -0.25) is 4.79 Å². The van der Waals surface area contributed by atoms with Gasteiger partial charge in [-0.2, -0.15) is 0 Å². The second kappa shape index (κ2) is 9.44. The number of nitrogens with zero attached hydrogens (tertiary/aromatic N) is 1. The summed E-state index contributed by atoms with van der Waals surface area (Å²) in [6.07, 6.45) is 15.7. The van der Waals surface area contributed by atoms with Gasteiger partial charge in [-0.05, 0) is 161 Å². The van der Waals surface area contributed by atoms with Crippen molar-refractivity contribution < 1.29 is 9.90 Å². The fraction of sp³-hybridized carbons (Fsp3) is 0.972. The number of carbonyl (C=O) groups is 1. The van der Waals surface area contributed by atoms with Gasteiger partial charge in [-0.1, -0.05) is 41.5 Å². The van der Waals surface area contributed by atoms with Gasteiger partial charge in [0.15, 0.2) is 0 Å². The van der Waals surface area contributed by atoms with Crippen LogP contribution in [0.5, 0.6) is 0 Å². The number of fused-ring (bicyclic) bond motifs is 7. The van der Waals surface area contributed by atoms with Crippen molar-refractivity contribution in [3.8, 4) is 0 Å². The molecule has 6 rings (SSSR count). The smallest absolute Gasteiger partial charge is 0.226 e. The van der Waals surface area contributed by atoms with E-state index in [0.717, 1.165) is 50.6 Å². The minimum Gasteiger partial charge on any atom is -0.393 e. The predicted octanol–water partition coefficient (Wildman–Crippen LogP) is 7.30. The Morgan fingerprint density at radius 3 is 2.17 bits per heavy atom. The lowest BCUT2D eigenvalue weighted by atomic mass is 9.32. The van der Waals surface area contributed by atoms with Gasteiger partial charge in [0.2, 0.25) is 5.91 Å². The van der Waals surface area contributed by atoms with Gasteiger partial charge in [0.05, 0.1) is 11.5 Å². The molecule has 0 spiro atoms. The quantitative estimate of drug-likeness (QED) is 0.339. The number of hydrogen-bond acceptors (Lipinski definition) is 3. The summed E-state index contributed by atoms with van der Waals surface area (Å²) in [5.41, 5.74) is 1.29. The van der Waals surface area contributed by atoms with Crippen LogP contribution in [0.3, 0.4) is 0 Å². The average Bonchev–Trinajstić information content (AvgIpc) is 3.49. The molecule has 0 heterocycles. The fourth-order valence-electron chi connectivity index (χ4n) is 13.1. The molecule has 2 N–H and O–H groups in total. The monoisotopic (exact) mass is 554 g/mol. The van der Waals surface area contributed by atoms with E-state index in [9.17, 15) is 9.90 Å². The third-order valence-electron chi connectivity index (χ3n) is 15.9. The molecular weight excluding hydrogens is 492 g/mol. The normalized spacial score (nSPS) is 50.4. The summed E-state index contributed by atoms with van der Waals surface area (Å²) in [7, 11) is 4.25. The van der Waals surface area contributed by atoms with Crippen LogP contribution < -0.4 is 5.32 Å². The molecule has 0 aromatic heterocycles. The van der Waals surface area contributed by atoms with E-state index in [2.05, 4.69) is 65.9 Å². The second-order valence-corrected chi connectivity index (χ2v) is 17.9. The first-order chi connectivity index (χ1) is 18.7. The molecule has 0 unspecified atom stereocenters. The zero-order chi connectivity index (χ0) is 28.9. The van der Waals surface area contributed by atoms with E-state index in [0.29, 0.717) is 45.3 Å². The first-order valence-corrected chi connectivity index (χ1v) is 17.3. The van der Waals surface area contributed by atoms with Crippen LogP contribution in [0.15, 0.2) is 0 Å². The molecule has 4 heteroatoms. The highest BCUT2D eigenvalue weighted by atomic mass is 16.3. The largest absolute Gasteiger partial charge is 0.393 e. The number of nitrogens with one attached hydrogen (secondary N) is 1. The summed E-state index contributed by atoms with van der Waals surface area (Å²) in [6.45, 7) is 17.2. The number of carbonyl (C=O) groups excluding carboxylic acids is 1. The van der Waals surface area contributed by atoms with Crippen molar-refractivity contribution in [2.24, 2.45) is 62.1 Å². The summed E-state index contributed by atoms with van der Waals surface area (Å²) < 4.78 is 0. The Balaban J connectivity index is 1.32. The van der Waals surface area contributed by atoms with Gasteiger partial charge in [-0.25, -0.2) is 0 Å². The van der Waals surface area contributed by atoms with Gasteiger partial charge in [0.25, 0.3) is 0 Å². The number of rotatable bonds is 6. The van der Waals surface area contributed by atoms with Crippen molar-refractivity contribution in [2.45, 2.75) is 131 Å². The lowest BCUT2D eigenvalue weighted by Gasteiger charge is -2.73. The first kappa shape index (κ1) is 29.5. The maximum atomic E-state index is 14.3. The lowest BCUT2D eigenvalue weighted by Crippen LogP contribution is -2.67. The molecule has 6 aliphatic carbocycles. The Bertz CT molecular complexity index is 1000. The molecule has 40 heavy (non-hydrogen) atoms. The summed E-state index contributed by atoms with van der Waals surface area (Å²) in [5, 5.41) is 14.6. The minimum atomic E-state index is -0.160. The Morgan fingerprint density at radius 1 is 0.775 bits per heavy atom. The lowest BCUT2D eigenvalue weighted by molar-refractivity contribution is -0.248. The fourth-order valence-corrected chi connectivity index (χ4v) is 13.1. The highest BCUT2D eigenvalue weighted by molar-refractivity contribution is 5.83. The topological polar surface area (TPSA) is 52.6 Å². The van der Waals surface area contributed by atoms with E-state index in [1.807, 2.05) is 0 Å². The molecule has 6 fully saturated rings. The molecule has 228 valence electrons. The van der Waals surface area contributed by atoms with Crippen LogP contribution in [0.2, 0.25) is 0 Å². The summed E-state index contributed by atoms with van der Waals surface area (Å²) in [6, 6.07) is 0. The molecular formula is C36H62N2O2. The Kier molecular flexibility index (Phi) is 6.95. The molecule has 4 nitrogen and oxygen atoms in total. The zero-order valence-electron chi connectivity index (χ0n) is 27.4. The second-order valence-electron chi connectivity index (χ2n) is 17.9. The molecule has 10 atom stereocenters. The Morgan fingerprint density at radius 2 is 1.50 bits per heavy atom. The molecule has 0 aromatic carbocycles. The van der Waals surface area contributed by atoms with Crippen LogP contribution in [0.25, 0.3) is 0 Å². The maximum absolute atomic E-state index is 14.3. The summed E-state index contributed by atoms with van der Waals surface area (Å²) in [5.74, 6) is 3.71. The van der Waals surface area contributed by atoms with Crippen molar-refractivity contribution in [1.29, 1.82) is 0 Å². The zero-order valence-corrected chi connectivity index (χ0v) is 27.4. The van der Waals surface area contributed by atoms with E-state index < -0.39 is 0 Å². The number of amides is 1. The van der Waals surface area contributed by atoms with Gasteiger partial charge in [0.1, 0.15) is 0 Å². The molecule has 0 aromatic rings. The standard InChI is InChI=1S/C36H62N2O2/c1-31(2)26-13-16-35(6)27(33(26,4)15-14-28(31)39)11-10-25-29-24(32(3)18-19-32)12-17-36(29,21-20-34(25,35)5)30(40)37-22-9-23-38(7)8/h24-29,39H,9-23H2,1-8H3,(H,37,40)/t24-,25-,26+,27-,28+,29-,33+,34-,35-,36+/m1/s1. The van der Waals surface area contributed by atoms with Crippen molar-refractivity contribution in [2.75, 3.05) is 27.2 Å². The molecule has 0 saturated heterocycles. The van der Waals surface area contributed by atoms with E-state index in [-0.39, 0.29) is 16.9 Å². The molecule has 0 radical (unpaired) electrons. The van der Waals surface area contributed by atoms with Crippen LogP contribution in [-0.2, 0) is 4.79 Å². The average molecular weight is 555 g/mol.